The van der Waals surface area contributed by atoms with Gasteiger partial charge in [0.25, 0.3) is 0 Å². The molecule has 0 aliphatic rings. The van der Waals surface area contributed by atoms with Crippen LogP contribution in [0.25, 0.3) is 16.8 Å². The van der Waals surface area contributed by atoms with E-state index < -0.39 is 15.9 Å². The summed E-state index contributed by atoms with van der Waals surface area (Å²) in [5.74, 6) is 1.35. The molecule has 0 spiro atoms. The average molecular weight is 545 g/mol. The zero-order chi connectivity index (χ0) is 27.6. The molecule has 12 nitrogen and oxygen atoms in total. The van der Waals surface area contributed by atoms with Gasteiger partial charge in [0.2, 0.25) is 0 Å². The summed E-state index contributed by atoms with van der Waals surface area (Å²) in [5, 5.41) is 9.47. The first kappa shape index (κ1) is 25.6. The number of nitrogens with zero attached hydrogens (tertiary/aromatic N) is 6. The van der Waals surface area contributed by atoms with E-state index in [0.717, 1.165) is 28.8 Å². The molecule has 13 heteroatoms. The highest BCUT2D eigenvalue weighted by molar-refractivity contribution is 7.90. The number of carbonyl (C=O) groups is 1. The van der Waals surface area contributed by atoms with Gasteiger partial charge in [-0.2, -0.15) is 5.10 Å². The van der Waals surface area contributed by atoms with Gasteiger partial charge < -0.3 is 20.3 Å². The van der Waals surface area contributed by atoms with Crippen LogP contribution in [-0.2, 0) is 9.84 Å². The molecule has 39 heavy (non-hydrogen) atoms. The zero-order valence-electron chi connectivity index (χ0n) is 21.2. The molecule has 0 aliphatic carbocycles. The predicted octanol–water partition coefficient (Wildman–Crippen LogP) is 4.09. The number of nitrogens with one attached hydrogen (secondary N) is 2. The van der Waals surface area contributed by atoms with Gasteiger partial charge in [-0.15, -0.1) is 0 Å². The van der Waals surface area contributed by atoms with Crippen LogP contribution in [0, 0.1) is 0 Å². The predicted molar refractivity (Wildman–Crippen MR) is 147 cm³/mol. The largest absolute Gasteiger partial charge is 0.424 e. The summed E-state index contributed by atoms with van der Waals surface area (Å²) in [6.45, 7) is 0. The molecule has 0 aliphatic heterocycles. The van der Waals surface area contributed by atoms with Gasteiger partial charge in [-0.3, -0.25) is 0 Å². The molecule has 0 saturated carbocycles. The molecule has 3 heterocycles. The van der Waals surface area contributed by atoms with Crippen molar-refractivity contribution >= 4 is 38.7 Å². The SMILES string of the molecule is CN(C)c1ccn2ncc(-c3ccc(Oc4ncc(NC(=O)Nc5ccccc5S(C)(=O)=O)cn4)cc3)c2n1. The van der Waals surface area contributed by atoms with Crippen molar-refractivity contribution in [2.24, 2.45) is 0 Å². The maximum Gasteiger partial charge on any atom is 0.323 e. The van der Waals surface area contributed by atoms with Crippen molar-refractivity contribution in [3.8, 4) is 22.9 Å². The lowest BCUT2D eigenvalue weighted by Gasteiger charge is -2.11. The number of amides is 2. The van der Waals surface area contributed by atoms with E-state index in [2.05, 4.69) is 30.7 Å². The van der Waals surface area contributed by atoms with Crippen LogP contribution in [0.2, 0.25) is 0 Å². The van der Waals surface area contributed by atoms with Gasteiger partial charge in [0.1, 0.15) is 11.6 Å². The fourth-order valence-electron chi connectivity index (χ4n) is 3.73. The van der Waals surface area contributed by atoms with E-state index in [1.54, 1.807) is 35.0 Å². The van der Waals surface area contributed by atoms with Gasteiger partial charge in [-0.1, -0.05) is 24.3 Å². The lowest BCUT2D eigenvalue weighted by Crippen LogP contribution is -2.21. The first-order valence-electron chi connectivity index (χ1n) is 11.7. The van der Waals surface area contributed by atoms with Crippen molar-refractivity contribution in [3.05, 3.63) is 79.4 Å². The number of urea groups is 1. The Kier molecular flexibility index (Phi) is 6.81. The summed E-state index contributed by atoms with van der Waals surface area (Å²) in [4.78, 5) is 27.3. The highest BCUT2D eigenvalue weighted by Gasteiger charge is 2.15. The summed E-state index contributed by atoms with van der Waals surface area (Å²) in [6.07, 6.45) is 7.47. The number of anilines is 3. The second-order valence-electron chi connectivity index (χ2n) is 8.73. The van der Waals surface area contributed by atoms with E-state index in [-0.39, 0.29) is 16.6 Å². The van der Waals surface area contributed by atoms with Crippen molar-refractivity contribution in [1.29, 1.82) is 0 Å². The Labute approximate surface area is 224 Å². The Morgan fingerprint density at radius 2 is 1.67 bits per heavy atom. The van der Waals surface area contributed by atoms with E-state index in [9.17, 15) is 13.2 Å². The number of para-hydroxylation sites is 1. The van der Waals surface area contributed by atoms with E-state index in [0.29, 0.717) is 11.4 Å². The quantitative estimate of drug-likeness (QED) is 0.309. The minimum absolute atomic E-state index is 0.0160. The summed E-state index contributed by atoms with van der Waals surface area (Å²) in [6, 6.07) is 14.8. The Hall–Kier alpha value is -5.04. The van der Waals surface area contributed by atoms with Crippen LogP contribution in [0.5, 0.6) is 11.8 Å². The molecule has 0 fully saturated rings. The summed E-state index contributed by atoms with van der Waals surface area (Å²) >= 11 is 0. The second-order valence-corrected chi connectivity index (χ2v) is 10.7. The standard InChI is InChI=1S/C26H24N8O4S/c1-33(2)23-12-13-34-24(32-23)20(16-29-34)17-8-10-19(11-9-17)38-26-27-14-18(15-28-26)30-25(35)31-21-6-4-5-7-22(21)39(3,36)37/h4-16H,1-3H3,(H2,30,31,35). The molecule has 0 unspecified atom stereocenters. The van der Waals surface area contributed by atoms with E-state index in [1.165, 1.54) is 24.5 Å². The maximum absolute atomic E-state index is 12.4. The average Bonchev–Trinajstić information content (AvgIpc) is 3.33. The normalized spacial score (nSPS) is 11.3. The molecule has 0 radical (unpaired) electrons. The highest BCUT2D eigenvalue weighted by atomic mass is 32.2. The fraction of sp³-hybridized carbons (Fsp3) is 0.115. The second kappa shape index (κ2) is 10.4. The number of hydrogen-bond donors (Lipinski definition) is 2. The van der Waals surface area contributed by atoms with Crippen LogP contribution in [0.15, 0.2) is 84.3 Å². The molecule has 5 aromatic rings. The topological polar surface area (TPSA) is 144 Å². The van der Waals surface area contributed by atoms with Crippen LogP contribution < -0.4 is 20.3 Å². The molecule has 3 aromatic heterocycles. The number of hydrogen-bond acceptors (Lipinski definition) is 9. The first-order chi connectivity index (χ1) is 18.7. The molecule has 2 N–H and O–H groups in total. The molecule has 198 valence electrons. The molecule has 0 atom stereocenters. The smallest absolute Gasteiger partial charge is 0.323 e. The van der Waals surface area contributed by atoms with Gasteiger partial charge in [0, 0.05) is 32.1 Å². The van der Waals surface area contributed by atoms with Crippen LogP contribution in [-0.4, -0.2) is 59.4 Å². The molecule has 2 aromatic carbocycles. The monoisotopic (exact) mass is 544 g/mol. The van der Waals surface area contributed by atoms with E-state index in [4.69, 9.17) is 4.74 Å². The third-order valence-corrected chi connectivity index (χ3v) is 6.76. The van der Waals surface area contributed by atoms with Crippen LogP contribution >= 0.6 is 0 Å². The Bertz CT molecular complexity index is 1750. The first-order valence-corrected chi connectivity index (χ1v) is 13.6. The van der Waals surface area contributed by atoms with Crippen LogP contribution in [0.3, 0.4) is 0 Å². The molecule has 0 bridgehead atoms. The third kappa shape index (κ3) is 5.78. The fourth-order valence-corrected chi connectivity index (χ4v) is 4.58. The number of benzene rings is 2. The lowest BCUT2D eigenvalue weighted by atomic mass is 10.1. The van der Waals surface area contributed by atoms with Gasteiger partial charge in [0.15, 0.2) is 15.5 Å². The van der Waals surface area contributed by atoms with Crippen LogP contribution in [0.4, 0.5) is 22.0 Å². The van der Waals surface area contributed by atoms with Gasteiger partial charge in [-0.25, -0.2) is 32.7 Å². The van der Waals surface area contributed by atoms with Gasteiger partial charge in [-0.05, 0) is 35.9 Å². The van der Waals surface area contributed by atoms with Gasteiger partial charge in [0.05, 0.1) is 34.9 Å². The summed E-state index contributed by atoms with van der Waals surface area (Å²) in [7, 11) is 0.354. The zero-order valence-corrected chi connectivity index (χ0v) is 22.0. The van der Waals surface area contributed by atoms with E-state index in [1.807, 2.05) is 43.4 Å². The maximum atomic E-state index is 12.4. The molecular formula is C26H24N8O4S. The lowest BCUT2D eigenvalue weighted by molar-refractivity contribution is 0.262. The van der Waals surface area contributed by atoms with Crippen molar-refractivity contribution in [1.82, 2.24) is 24.6 Å². The van der Waals surface area contributed by atoms with Gasteiger partial charge >= 0.3 is 12.0 Å². The molecular weight excluding hydrogens is 520 g/mol. The number of carbonyl (C=O) groups excluding carboxylic acids is 1. The van der Waals surface area contributed by atoms with Crippen molar-refractivity contribution in [3.63, 3.8) is 0 Å². The minimum Gasteiger partial charge on any atom is -0.424 e. The number of ether oxygens (including phenoxy) is 1. The number of aromatic nitrogens is 5. The molecule has 0 saturated heterocycles. The Balaban J connectivity index is 1.24. The minimum atomic E-state index is -3.51. The van der Waals surface area contributed by atoms with Crippen molar-refractivity contribution < 1.29 is 17.9 Å². The van der Waals surface area contributed by atoms with Crippen LogP contribution in [0.1, 0.15) is 0 Å². The molecule has 2 amide bonds. The summed E-state index contributed by atoms with van der Waals surface area (Å²) in [5.41, 5.74) is 3.01. The number of rotatable bonds is 7. The van der Waals surface area contributed by atoms with Crippen molar-refractivity contribution in [2.45, 2.75) is 4.90 Å². The number of fused-ring (bicyclic) bond motifs is 1. The third-order valence-electron chi connectivity index (χ3n) is 5.61. The summed E-state index contributed by atoms with van der Waals surface area (Å²) < 4.78 is 31.3. The van der Waals surface area contributed by atoms with E-state index >= 15 is 0 Å². The number of sulfone groups is 1. The Morgan fingerprint density at radius 1 is 0.949 bits per heavy atom. The Morgan fingerprint density at radius 3 is 2.36 bits per heavy atom. The molecule has 5 rings (SSSR count). The van der Waals surface area contributed by atoms with Crippen molar-refractivity contribution in [2.75, 3.05) is 35.9 Å². The highest BCUT2D eigenvalue weighted by Crippen LogP contribution is 2.28.